The van der Waals surface area contributed by atoms with Gasteiger partial charge in [-0.15, -0.1) is 0 Å². The molecule has 1 heterocycles. The minimum absolute atomic E-state index is 0.00277. The summed E-state index contributed by atoms with van der Waals surface area (Å²) in [7, 11) is -1.78. The van der Waals surface area contributed by atoms with Crippen molar-refractivity contribution >= 4 is 21.4 Å². The van der Waals surface area contributed by atoms with Crippen LogP contribution in [0, 0.1) is 0 Å². The van der Waals surface area contributed by atoms with Gasteiger partial charge in [0.25, 0.3) is 5.91 Å². The van der Waals surface area contributed by atoms with Crippen LogP contribution in [0.3, 0.4) is 0 Å². The first-order chi connectivity index (χ1) is 9.36. The van der Waals surface area contributed by atoms with Crippen LogP contribution in [-0.4, -0.2) is 39.8 Å². The van der Waals surface area contributed by atoms with Crippen LogP contribution in [0.1, 0.15) is 13.3 Å². The fourth-order valence-corrected chi connectivity index (χ4v) is 3.42. The van der Waals surface area contributed by atoms with E-state index in [1.807, 2.05) is 0 Å². The number of amides is 1. The summed E-state index contributed by atoms with van der Waals surface area (Å²) < 4.78 is 29.7. The number of hydrogen-bond donors (Lipinski definition) is 1. The fraction of sp³-hybridized carbons (Fsp3) is 0.462. The summed E-state index contributed by atoms with van der Waals surface area (Å²) in [6, 6.07) is 4.57. The Hall–Kier alpha value is -1.60. The Kier molecular flexibility index (Phi) is 4.01. The Morgan fingerprint density at radius 1 is 1.40 bits per heavy atom. The first kappa shape index (κ1) is 14.8. The quantitative estimate of drug-likeness (QED) is 0.877. The van der Waals surface area contributed by atoms with E-state index in [4.69, 9.17) is 10.5 Å². The Morgan fingerprint density at radius 3 is 2.75 bits per heavy atom. The molecule has 1 unspecified atom stereocenters. The smallest absolute Gasteiger partial charge is 0.267 e. The van der Waals surface area contributed by atoms with Crippen molar-refractivity contribution in [2.75, 3.05) is 24.2 Å². The average molecular weight is 298 g/mol. The molecule has 0 fully saturated rings. The van der Waals surface area contributed by atoms with E-state index in [1.165, 1.54) is 17.0 Å². The lowest BCUT2D eigenvalue weighted by atomic mass is 10.2. The molecule has 1 aliphatic heterocycles. The highest BCUT2D eigenvalue weighted by molar-refractivity contribution is 7.91. The fourth-order valence-electron chi connectivity index (χ4n) is 2.08. The molecule has 0 bridgehead atoms. The summed E-state index contributed by atoms with van der Waals surface area (Å²) >= 11 is 0. The van der Waals surface area contributed by atoms with Gasteiger partial charge in [-0.3, -0.25) is 4.79 Å². The lowest BCUT2D eigenvalue weighted by molar-refractivity contribution is -0.125. The molecule has 2 rings (SSSR count). The first-order valence-corrected chi connectivity index (χ1v) is 8.03. The predicted octanol–water partition coefficient (Wildman–Crippen LogP) is 0.553. The second-order valence-electron chi connectivity index (χ2n) is 4.75. The zero-order valence-corrected chi connectivity index (χ0v) is 12.3. The van der Waals surface area contributed by atoms with Gasteiger partial charge in [0.1, 0.15) is 5.75 Å². The van der Waals surface area contributed by atoms with Crippen molar-refractivity contribution in [1.82, 2.24) is 0 Å². The Labute approximate surface area is 118 Å². The van der Waals surface area contributed by atoms with Crippen LogP contribution in [0.2, 0.25) is 0 Å². The summed E-state index contributed by atoms with van der Waals surface area (Å²) in [5, 5.41) is 0. The van der Waals surface area contributed by atoms with Gasteiger partial charge in [-0.25, -0.2) is 8.42 Å². The number of rotatable bonds is 4. The zero-order valence-electron chi connectivity index (χ0n) is 11.5. The van der Waals surface area contributed by atoms with Crippen LogP contribution in [0.25, 0.3) is 0 Å². The Bertz CT molecular complexity index is 627. The molecule has 0 saturated carbocycles. The number of likely N-dealkylation sites (N-methyl/N-ethyl adjacent to an activating group) is 1. The number of sulfone groups is 1. The highest BCUT2D eigenvalue weighted by Gasteiger charge is 2.30. The maximum Gasteiger partial charge on any atom is 0.267 e. The van der Waals surface area contributed by atoms with E-state index >= 15 is 0 Å². The number of nitrogens with zero attached hydrogens (tertiary/aromatic N) is 1. The third-order valence-electron chi connectivity index (χ3n) is 3.25. The van der Waals surface area contributed by atoms with E-state index < -0.39 is 15.9 Å². The number of nitrogens with two attached hydrogens (primary N) is 1. The van der Waals surface area contributed by atoms with Gasteiger partial charge in [-0.05, 0) is 38.1 Å². The largest absolute Gasteiger partial charge is 0.479 e. The number of carbonyl (C=O) groups excluding carboxylic acids is 1. The third kappa shape index (κ3) is 2.64. The Morgan fingerprint density at radius 2 is 2.10 bits per heavy atom. The second kappa shape index (κ2) is 5.41. The maximum absolute atomic E-state index is 12.1. The highest BCUT2D eigenvalue weighted by Crippen LogP contribution is 2.35. The molecule has 1 amide bonds. The molecule has 0 radical (unpaired) electrons. The van der Waals surface area contributed by atoms with Crippen molar-refractivity contribution in [2.45, 2.75) is 24.3 Å². The van der Waals surface area contributed by atoms with Crippen molar-refractivity contribution in [1.29, 1.82) is 0 Å². The predicted molar refractivity (Wildman–Crippen MR) is 75.7 cm³/mol. The molecule has 6 nitrogen and oxygen atoms in total. The van der Waals surface area contributed by atoms with Crippen LogP contribution in [-0.2, 0) is 14.6 Å². The summed E-state index contributed by atoms with van der Waals surface area (Å²) in [5.74, 6) is 0.309. The minimum Gasteiger partial charge on any atom is -0.479 e. The molecule has 0 spiro atoms. The van der Waals surface area contributed by atoms with E-state index in [0.717, 1.165) is 0 Å². The molecule has 1 aromatic rings. The van der Waals surface area contributed by atoms with Crippen LogP contribution in [0.5, 0.6) is 5.75 Å². The molecule has 0 saturated heterocycles. The molecule has 1 aromatic carbocycles. The SMILES string of the molecule is CC1Oc2ccc(S(=O)(=O)CCCN)cc2N(C)C1=O. The number of fused-ring (bicyclic) bond motifs is 1. The summed E-state index contributed by atoms with van der Waals surface area (Å²) in [4.78, 5) is 13.5. The standard InChI is InChI=1S/C13H18N2O4S/c1-9-13(16)15(2)11-8-10(4-5-12(11)19-9)20(17,18)7-3-6-14/h4-5,8-9H,3,6-7,14H2,1-2H3. The number of carbonyl (C=O) groups is 1. The van der Waals surface area contributed by atoms with E-state index in [2.05, 4.69) is 0 Å². The van der Waals surface area contributed by atoms with Crippen molar-refractivity contribution < 1.29 is 17.9 Å². The van der Waals surface area contributed by atoms with Crippen molar-refractivity contribution in [3.05, 3.63) is 18.2 Å². The van der Waals surface area contributed by atoms with Gasteiger partial charge in [0.05, 0.1) is 16.3 Å². The molecule has 2 N–H and O–H groups in total. The lowest BCUT2D eigenvalue weighted by Crippen LogP contribution is -2.42. The maximum atomic E-state index is 12.1. The van der Waals surface area contributed by atoms with E-state index in [0.29, 0.717) is 24.4 Å². The van der Waals surface area contributed by atoms with Crippen LogP contribution in [0.4, 0.5) is 5.69 Å². The van der Waals surface area contributed by atoms with Crippen LogP contribution < -0.4 is 15.4 Å². The van der Waals surface area contributed by atoms with Crippen LogP contribution >= 0.6 is 0 Å². The van der Waals surface area contributed by atoms with Gasteiger partial charge in [-0.1, -0.05) is 0 Å². The lowest BCUT2D eigenvalue weighted by Gasteiger charge is -2.30. The number of benzene rings is 1. The van der Waals surface area contributed by atoms with Crippen LogP contribution in [0.15, 0.2) is 23.1 Å². The Balaban J connectivity index is 2.40. The summed E-state index contributed by atoms with van der Waals surface area (Å²) in [5.41, 5.74) is 5.82. The summed E-state index contributed by atoms with van der Waals surface area (Å²) in [6.07, 6.45) is -0.158. The molecule has 110 valence electrons. The molecule has 1 aliphatic rings. The van der Waals surface area contributed by atoms with Crippen molar-refractivity contribution in [3.63, 3.8) is 0 Å². The normalized spacial score (nSPS) is 18.6. The molecule has 1 atom stereocenters. The number of ether oxygens (including phenoxy) is 1. The highest BCUT2D eigenvalue weighted by atomic mass is 32.2. The molecule has 0 aromatic heterocycles. The number of hydrogen-bond acceptors (Lipinski definition) is 5. The minimum atomic E-state index is -3.38. The topological polar surface area (TPSA) is 89.7 Å². The molecule has 0 aliphatic carbocycles. The summed E-state index contributed by atoms with van der Waals surface area (Å²) in [6.45, 7) is 1.98. The van der Waals surface area contributed by atoms with E-state index in [-0.39, 0.29) is 16.6 Å². The zero-order chi connectivity index (χ0) is 14.9. The van der Waals surface area contributed by atoms with Gasteiger partial charge >= 0.3 is 0 Å². The second-order valence-corrected chi connectivity index (χ2v) is 6.86. The molecule has 7 heteroatoms. The van der Waals surface area contributed by atoms with E-state index in [9.17, 15) is 13.2 Å². The monoisotopic (exact) mass is 298 g/mol. The first-order valence-electron chi connectivity index (χ1n) is 6.38. The van der Waals surface area contributed by atoms with Crippen molar-refractivity contribution in [3.8, 4) is 5.75 Å². The third-order valence-corrected chi connectivity index (χ3v) is 5.05. The molecular weight excluding hydrogens is 280 g/mol. The average Bonchev–Trinajstić information content (AvgIpc) is 2.42. The molecule has 20 heavy (non-hydrogen) atoms. The van der Waals surface area contributed by atoms with Gasteiger partial charge in [0.2, 0.25) is 0 Å². The van der Waals surface area contributed by atoms with E-state index in [1.54, 1.807) is 20.0 Å². The van der Waals surface area contributed by atoms with Gasteiger partial charge in [-0.2, -0.15) is 0 Å². The van der Waals surface area contributed by atoms with Crippen molar-refractivity contribution in [2.24, 2.45) is 5.73 Å². The number of anilines is 1. The van der Waals surface area contributed by atoms with Gasteiger partial charge in [0.15, 0.2) is 15.9 Å². The van der Waals surface area contributed by atoms with Gasteiger partial charge < -0.3 is 15.4 Å². The molecular formula is C13H18N2O4S. The van der Waals surface area contributed by atoms with Gasteiger partial charge in [0, 0.05) is 7.05 Å².